The number of hydrogen-bond acceptors (Lipinski definition) is 3. The molecule has 0 heterocycles. The first-order valence-electron chi connectivity index (χ1n) is 8.06. The van der Waals surface area contributed by atoms with Crippen LogP contribution in [0, 0.1) is 0 Å². The van der Waals surface area contributed by atoms with E-state index in [1.54, 1.807) is 4.90 Å². The maximum absolute atomic E-state index is 11.8. The predicted octanol–water partition coefficient (Wildman–Crippen LogP) is 1.08. The lowest BCUT2D eigenvalue weighted by Gasteiger charge is -2.22. The third kappa shape index (κ3) is 7.90. The van der Waals surface area contributed by atoms with E-state index in [0.29, 0.717) is 32.0 Å². The number of nitrogens with zero attached hydrogens (tertiary/aromatic N) is 1. The maximum Gasteiger partial charge on any atom is 0.315 e. The molecule has 0 unspecified atom stereocenters. The molecule has 0 aromatic rings. The second kappa shape index (κ2) is 10.4. The van der Waals surface area contributed by atoms with Gasteiger partial charge in [-0.15, -0.1) is 0 Å². The van der Waals surface area contributed by atoms with Gasteiger partial charge in [0.05, 0.1) is 0 Å². The minimum Gasteiger partial charge on any atom is -0.344 e. The molecule has 21 heavy (non-hydrogen) atoms. The standard InChI is InChI=1S/C15H30N4O2/c1-16-11-12-19(2)14(20)9-6-10-17-15(21)18-13-7-4-3-5-8-13/h13,16H,3-12H2,1-2H3,(H2,17,18,21). The Morgan fingerprint density at radius 3 is 2.52 bits per heavy atom. The summed E-state index contributed by atoms with van der Waals surface area (Å²) in [6, 6.07) is 0.228. The highest BCUT2D eigenvalue weighted by Crippen LogP contribution is 2.17. The van der Waals surface area contributed by atoms with Crippen LogP contribution in [-0.4, -0.2) is 56.6 Å². The van der Waals surface area contributed by atoms with Crippen LogP contribution in [0.4, 0.5) is 4.79 Å². The highest BCUT2D eigenvalue weighted by molar-refractivity contribution is 5.76. The van der Waals surface area contributed by atoms with Crippen molar-refractivity contribution in [2.45, 2.75) is 51.0 Å². The number of amides is 3. The van der Waals surface area contributed by atoms with E-state index in [4.69, 9.17) is 0 Å². The van der Waals surface area contributed by atoms with Crippen LogP contribution in [0.2, 0.25) is 0 Å². The first-order chi connectivity index (χ1) is 10.1. The van der Waals surface area contributed by atoms with Gasteiger partial charge in [0.1, 0.15) is 0 Å². The fraction of sp³-hybridized carbons (Fsp3) is 0.867. The second-order valence-electron chi connectivity index (χ2n) is 5.76. The van der Waals surface area contributed by atoms with Crippen molar-refractivity contribution in [3.05, 3.63) is 0 Å². The van der Waals surface area contributed by atoms with Crippen LogP contribution in [0.3, 0.4) is 0 Å². The molecular formula is C15H30N4O2. The number of urea groups is 1. The molecule has 1 aliphatic rings. The van der Waals surface area contributed by atoms with Crippen molar-refractivity contribution in [2.75, 3.05) is 33.7 Å². The van der Waals surface area contributed by atoms with Gasteiger partial charge in [-0.1, -0.05) is 19.3 Å². The summed E-state index contributed by atoms with van der Waals surface area (Å²) in [7, 11) is 3.68. The molecule has 0 aliphatic heterocycles. The molecule has 0 spiro atoms. The molecule has 0 bridgehead atoms. The minimum absolute atomic E-state index is 0.0992. The van der Waals surface area contributed by atoms with Gasteiger partial charge >= 0.3 is 6.03 Å². The Balaban J connectivity index is 2.04. The summed E-state index contributed by atoms with van der Waals surface area (Å²) >= 11 is 0. The second-order valence-corrected chi connectivity index (χ2v) is 5.76. The monoisotopic (exact) mass is 298 g/mol. The Morgan fingerprint density at radius 2 is 1.86 bits per heavy atom. The quantitative estimate of drug-likeness (QED) is 0.587. The molecule has 0 aromatic heterocycles. The van der Waals surface area contributed by atoms with Crippen LogP contribution >= 0.6 is 0 Å². The van der Waals surface area contributed by atoms with E-state index in [9.17, 15) is 9.59 Å². The molecule has 122 valence electrons. The third-order valence-corrected chi connectivity index (χ3v) is 3.92. The fourth-order valence-corrected chi connectivity index (χ4v) is 2.52. The average molecular weight is 298 g/mol. The summed E-state index contributed by atoms with van der Waals surface area (Å²) in [6.45, 7) is 2.05. The lowest BCUT2D eigenvalue weighted by atomic mass is 9.96. The van der Waals surface area contributed by atoms with Gasteiger partial charge in [-0.05, 0) is 26.3 Å². The molecule has 0 saturated heterocycles. The lowest BCUT2D eigenvalue weighted by Crippen LogP contribution is -2.43. The van der Waals surface area contributed by atoms with Crippen LogP contribution in [-0.2, 0) is 4.79 Å². The van der Waals surface area contributed by atoms with Gasteiger partial charge in [-0.2, -0.15) is 0 Å². The topological polar surface area (TPSA) is 73.5 Å². The van der Waals surface area contributed by atoms with Gasteiger partial charge in [-0.25, -0.2) is 4.79 Å². The number of rotatable bonds is 8. The average Bonchev–Trinajstić information content (AvgIpc) is 2.49. The van der Waals surface area contributed by atoms with Crippen molar-refractivity contribution < 1.29 is 9.59 Å². The van der Waals surface area contributed by atoms with E-state index in [2.05, 4.69) is 16.0 Å². The maximum atomic E-state index is 11.8. The fourth-order valence-electron chi connectivity index (χ4n) is 2.52. The summed E-state index contributed by atoms with van der Waals surface area (Å²) in [4.78, 5) is 25.2. The van der Waals surface area contributed by atoms with Crippen LogP contribution in [0.25, 0.3) is 0 Å². The van der Waals surface area contributed by atoms with Gasteiger partial charge in [0.2, 0.25) is 5.91 Å². The van der Waals surface area contributed by atoms with E-state index >= 15 is 0 Å². The zero-order valence-electron chi connectivity index (χ0n) is 13.4. The Hall–Kier alpha value is -1.30. The van der Waals surface area contributed by atoms with Crippen molar-refractivity contribution in [2.24, 2.45) is 0 Å². The molecule has 3 N–H and O–H groups in total. The van der Waals surface area contributed by atoms with Gasteiger partial charge in [0.15, 0.2) is 0 Å². The zero-order valence-corrected chi connectivity index (χ0v) is 13.4. The number of carbonyl (C=O) groups is 2. The number of carbonyl (C=O) groups excluding carboxylic acids is 2. The molecule has 6 nitrogen and oxygen atoms in total. The highest BCUT2D eigenvalue weighted by Gasteiger charge is 2.15. The molecular weight excluding hydrogens is 268 g/mol. The van der Waals surface area contributed by atoms with Crippen LogP contribution in [0.15, 0.2) is 0 Å². The highest BCUT2D eigenvalue weighted by atomic mass is 16.2. The van der Waals surface area contributed by atoms with E-state index in [1.807, 2.05) is 14.1 Å². The first-order valence-corrected chi connectivity index (χ1v) is 8.06. The Labute approximate surface area is 128 Å². The zero-order chi connectivity index (χ0) is 15.5. The molecule has 3 amide bonds. The number of likely N-dealkylation sites (N-methyl/N-ethyl adjacent to an activating group) is 2. The number of hydrogen-bond donors (Lipinski definition) is 3. The van der Waals surface area contributed by atoms with Gasteiger partial charge in [-0.3, -0.25) is 4.79 Å². The minimum atomic E-state index is -0.0992. The molecule has 1 fully saturated rings. The first kappa shape index (κ1) is 17.8. The van der Waals surface area contributed by atoms with Crippen molar-refractivity contribution in [1.82, 2.24) is 20.9 Å². The molecule has 1 aliphatic carbocycles. The van der Waals surface area contributed by atoms with Crippen LogP contribution in [0.5, 0.6) is 0 Å². The summed E-state index contributed by atoms with van der Waals surface area (Å²) in [5, 5.41) is 8.85. The summed E-state index contributed by atoms with van der Waals surface area (Å²) < 4.78 is 0. The summed E-state index contributed by atoms with van der Waals surface area (Å²) in [5.41, 5.74) is 0. The van der Waals surface area contributed by atoms with Crippen molar-refractivity contribution in [3.8, 4) is 0 Å². The molecule has 0 atom stereocenters. The van der Waals surface area contributed by atoms with E-state index in [0.717, 1.165) is 19.4 Å². The largest absolute Gasteiger partial charge is 0.344 e. The van der Waals surface area contributed by atoms with Crippen LogP contribution in [0.1, 0.15) is 44.9 Å². The Bertz CT molecular complexity index is 317. The Morgan fingerprint density at radius 1 is 1.14 bits per heavy atom. The van der Waals surface area contributed by atoms with Crippen molar-refractivity contribution in [1.29, 1.82) is 0 Å². The molecule has 0 aromatic carbocycles. The molecule has 0 radical (unpaired) electrons. The van der Waals surface area contributed by atoms with Gasteiger partial charge in [0, 0.05) is 39.1 Å². The molecule has 1 rings (SSSR count). The van der Waals surface area contributed by atoms with E-state index < -0.39 is 0 Å². The SMILES string of the molecule is CNCCN(C)C(=O)CCCNC(=O)NC1CCCCC1. The normalized spacial score (nSPS) is 15.5. The summed E-state index contributed by atoms with van der Waals surface area (Å²) in [6.07, 6.45) is 7.02. The summed E-state index contributed by atoms with van der Waals surface area (Å²) in [5.74, 6) is 0.125. The van der Waals surface area contributed by atoms with Gasteiger partial charge < -0.3 is 20.9 Å². The van der Waals surface area contributed by atoms with Gasteiger partial charge in [0.25, 0.3) is 0 Å². The van der Waals surface area contributed by atoms with Crippen molar-refractivity contribution in [3.63, 3.8) is 0 Å². The Kier molecular flexibility index (Phi) is 8.82. The van der Waals surface area contributed by atoms with E-state index in [-0.39, 0.29) is 11.9 Å². The van der Waals surface area contributed by atoms with Crippen molar-refractivity contribution >= 4 is 11.9 Å². The lowest BCUT2D eigenvalue weighted by molar-refractivity contribution is -0.129. The smallest absolute Gasteiger partial charge is 0.315 e. The van der Waals surface area contributed by atoms with E-state index in [1.165, 1.54) is 19.3 Å². The third-order valence-electron chi connectivity index (χ3n) is 3.92. The molecule has 6 heteroatoms. The number of nitrogens with one attached hydrogen (secondary N) is 3. The van der Waals surface area contributed by atoms with Crippen LogP contribution < -0.4 is 16.0 Å². The predicted molar refractivity (Wildman–Crippen MR) is 84.2 cm³/mol. The molecule has 1 saturated carbocycles.